The van der Waals surface area contributed by atoms with E-state index in [0.29, 0.717) is 11.1 Å². The standard InChI is InChI=1S/C24H23NO3/c1-17-13-14-21(15-18(17)2)22(28-24(27)20-11-7-4-8-12-20)16-25-23(26)19-9-5-3-6-10-19/h3-15,22H,16H2,1-2H3,(H,25,26)/t22-/m0/s1. The summed E-state index contributed by atoms with van der Waals surface area (Å²) in [7, 11) is 0. The third-order valence-electron chi connectivity index (χ3n) is 4.65. The van der Waals surface area contributed by atoms with Gasteiger partial charge in [0.1, 0.15) is 6.10 Å². The van der Waals surface area contributed by atoms with Crippen LogP contribution in [0.2, 0.25) is 0 Å². The molecule has 0 saturated carbocycles. The van der Waals surface area contributed by atoms with Gasteiger partial charge in [0, 0.05) is 5.56 Å². The second-order valence-electron chi connectivity index (χ2n) is 6.68. The summed E-state index contributed by atoms with van der Waals surface area (Å²) in [4.78, 5) is 25.0. The van der Waals surface area contributed by atoms with E-state index in [-0.39, 0.29) is 12.5 Å². The van der Waals surface area contributed by atoms with E-state index in [1.807, 2.05) is 56.3 Å². The van der Waals surface area contributed by atoms with Crippen molar-refractivity contribution in [3.63, 3.8) is 0 Å². The summed E-state index contributed by atoms with van der Waals surface area (Å²) in [5, 5.41) is 2.87. The molecule has 0 unspecified atom stereocenters. The van der Waals surface area contributed by atoms with Crippen LogP contribution in [0.1, 0.15) is 43.5 Å². The molecule has 3 rings (SSSR count). The van der Waals surface area contributed by atoms with Crippen LogP contribution in [0.15, 0.2) is 78.9 Å². The summed E-state index contributed by atoms with van der Waals surface area (Å²) >= 11 is 0. The topological polar surface area (TPSA) is 55.4 Å². The number of carbonyl (C=O) groups is 2. The van der Waals surface area contributed by atoms with Crippen LogP contribution in [0.3, 0.4) is 0 Å². The number of aryl methyl sites for hydroxylation is 2. The van der Waals surface area contributed by atoms with Crippen LogP contribution in [-0.4, -0.2) is 18.4 Å². The number of benzene rings is 3. The monoisotopic (exact) mass is 373 g/mol. The van der Waals surface area contributed by atoms with Crippen LogP contribution in [0.25, 0.3) is 0 Å². The van der Waals surface area contributed by atoms with Gasteiger partial charge in [-0.1, -0.05) is 54.6 Å². The molecule has 1 N–H and O–H groups in total. The van der Waals surface area contributed by atoms with Crippen molar-refractivity contribution in [1.82, 2.24) is 5.32 Å². The molecule has 0 aliphatic carbocycles. The van der Waals surface area contributed by atoms with E-state index in [1.54, 1.807) is 36.4 Å². The highest BCUT2D eigenvalue weighted by molar-refractivity contribution is 5.94. The average Bonchev–Trinajstić information content (AvgIpc) is 2.74. The van der Waals surface area contributed by atoms with Crippen molar-refractivity contribution in [2.45, 2.75) is 20.0 Å². The normalized spacial score (nSPS) is 11.5. The maximum Gasteiger partial charge on any atom is 0.338 e. The quantitative estimate of drug-likeness (QED) is 0.641. The van der Waals surface area contributed by atoms with Crippen molar-refractivity contribution in [3.05, 3.63) is 107 Å². The molecule has 142 valence electrons. The van der Waals surface area contributed by atoms with Gasteiger partial charge in [0.25, 0.3) is 5.91 Å². The van der Waals surface area contributed by atoms with Crippen LogP contribution in [0, 0.1) is 13.8 Å². The van der Waals surface area contributed by atoms with E-state index in [0.717, 1.165) is 16.7 Å². The van der Waals surface area contributed by atoms with Gasteiger partial charge in [-0.15, -0.1) is 0 Å². The minimum absolute atomic E-state index is 0.189. The maximum absolute atomic E-state index is 12.6. The van der Waals surface area contributed by atoms with Crippen molar-refractivity contribution >= 4 is 11.9 Å². The Balaban J connectivity index is 1.78. The Morgan fingerprint density at radius 1 is 0.821 bits per heavy atom. The Morgan fingerprint density at radius 2 is 1.43 bits per heavy atom. The molecule has 0 aromatic heterocycles. The smallest absolute Gasteiger partial charge is 0.338 e. The van der Waals surface area contributed by atoms with E-state index < -0.39 is 12.1 Å². The summed E-state index contributed by atoms with van der Waals surface area (Å²) in [5.41, 5.74) is 4.15. The van der Waals surface area contributed by atoms with Crippen LogP contribution in [-0.2, 0) is 4.74 Å². The number of ether oxygens (including phenoxy) is 1. The Labute approximate surface area is 165 Å². The molecule has 3 aromatic rings. The van der Waals surface area contributed by atoms with Gasteiger partial charge in [-0.05, 0) is 54.8 Å². The Morgan fingerprint density at radius 3 is 2.04 bits per heavy atom. The maximum atomic E-state index is 12.6. The number of amides is 1. The molecular weight excluding hydrogens is 350 g/mol. The lowest BCUT2D eigenvalue weighted by molar-refractivity contribution is 0.0293. The highest BCUT2D eigenvalue weighted by atomic mass is 16.5. The molecule has 0 spiro atoms. The van der Waals surface area contributed by atoms with Crippen molar-refractivity contribution in [3.8, 4) is 0 Å². The van der Waals surface area contributed by atoms with Crippen molar-refractivity contribution in [2.24, 2.45) is 0 Å². The molecule has 0 radical (unpaired) electrons. The predicted molar refractivity (Wildman–Crippen MR) is 109 cm³/mol. The summed E-state index contributed by atoms with van der Waals surface area (Å²) in [6.45, 7) is 4.23. The highest BCUT2D eigenvalue weighted by Gasteiger charge is 2.20. The lowest BCUT2D eigenvalue weighted by Crippen LogP contribution is -2.30. The number of esters is 1. The Bertz CT molecular complexity index is 952. The molecule has 0 bridgehead atoms. The first-order valence-corrected chi connectivity index (χ1v) is 9.21. The average molecular weight is 373 g/mol. The van der Waals surface area contributed by atoms with Crippen LogP contribution in [0.4, 0.5) is 0 Å². The molecule has 3 aromatic carbocycles. The molecule has 0 aliphatic rings. The fourth-order valence-corrected chi connectivity index (χ4v) is 2.84. The van der Waals surface area contributed by atoms with Crippen molar-refractivity contribution in [2.75, 3.05) is 6.54 Å². The van der Waals surface area contributed by atoms with Gasteiger partial charge < -0.3 is 10.1 Å². The predicted octanol–water partition coefficient (Wildman–Crippen LogP) is 4.63. The minimum Gasteiger partial charge on any atom is -0.452 e. The largest absolute Gasteiger partial charge is 0.452 e. The fraction of sp³-hybridized carbons (Fsp3) is 0.167. The second kappa shape index (κ2) is 9.00. The Hall–Kier alpha value is -3.40. The lowest BCUT2D eigenvalue weighted by Gasteiger charge is -2.20. The molecule has 28 heavy (non-hydrogen) atoms. The molecule has 4 heteroatoms. The van der Waals surface area contributed by atoms with Gasteiger partial charge in [-0.25, -0.2) is 4.79 Å². The van der Waals surface area contributed by atoms with Gasteiger partial charge in [-0.3, -0.25) is 4.79 Å². The lowest BCUT2D eigenvalue weighted by atomic mass is 10.0. The minimum atomic E-state index is -0.584. The zero-order valence-electron chi connectivity index (χ0n) is 16.0. The number of nitrogens with one attached hydrogen (secondary N) is 1. The number of rotatable bonds is 6. The molecule has 0 fully saturated rings. The van der Waals surface area contributed by atoms with Crippen LogP contribution >= 0.6 is 0 Å². The first kappa shape index (κ1) is 19.4. The van der Waals surface area contributed by atoms with Gasteiger partial charge in [-0.2, -0.15) is 0 Å². The van der Waals surface area contributed by atoms with Gasteiger partial charge in [0.15, 0.2) is 0 Å². The van der Waals surface area contributed by atoms with Gasteiger partial charge in [0.05, 0.1) is 12.1 Å². The van der Waals surface area contributed by atoms with Gasteiger partial charge >= 0.3 is 5.97 Å². The molecular formula is C24H23NO3. The van der Waals surface area contributed by atoms with Crippen LogP contribution in [0.5, 0.6) is 0 Å². The van der Waals surface area contributed by atoms with Crippen molar-refractivity contribution < 1.29 is 14.3 Å². The summed E-state index contributed by atoms with van der Waals surface area (Å²) in [6.07, 6.45) is -0.584. The zero-order chi connectivity index (χ0) is 19.9. The molecule has 4 nitrogen and oxygen atoms in total. The first-order valence-electron chi connectivity index (χ1n) is 9.21. The third-order valence-corrected chi connectivity index (χ3v) is 4.65. The zero-order valence-corrected chi connectivity index (χ0v) is 16.0. The van der Waals surface area contributed by atoms with E-state index >= 15 is 0 Å². The second-order valence-corrected chi connectivity index (χ2v) is 6.68. The number of hydrogen-bond acceptors (Lipinski definition) is 3. The summed E-state index contributed by atoms with van der Waals surface area (Å²) in [5.74, 6) is -0.622. The van der Waals surface area contributed by atoms with E-state index in [1.165, 1.54) is 0 Å². The first-order chi connectivity index (χ1) is 13.5. The van der Waals surface area contributed by atoms with Gasteiger partial charge in [0.2, 0.25) is 0 Å². The van der Waals surface area contributed by atoms with E-state index in [4.69, 9.17) is 4.74 Å². The number of hydrogen-bond donors (Lipinski definition) is 1. The SMILES string of the molecule is Cc1ccc([C@H](CNC(=O)c2ccccc2)OC(=O)c2ccccc2)cc1C. The van der Waals surface area contributed by atoms with Crippen LogP contribution < -0.4 is 5.32 Å². The molecule has 0 saturated heterocycles. The summed E-state index contributed by atoms with van der Waals surface area (Å²) < 4.78 is 5.75. The van der Waals surface area contributed by atoms with Crippen molar-refractivity contribution in [1.29, 1.82) is 0 Å². The van der Waals surface area contributed by atoms with E-state index in [2.05, 4.69) is 5.32 Å². The molecule has 0 heterocycles. The highest BCUT2D eigenvalue weighted by Crippen LogP contribution is 2.22. The third kappa shape index (κ3) is 4.86. The summed E-state index contributed by atoms with van der Waals surface area (Å²) in [6, 6.07) is 23.7. The number of carbonyl (C=O) groups excluding carboxylic acids is 2. The molecule has 0 aliphatic heterocycles. The fourth-order valence-electron chi connectivity index (χ4n) is 2.84. The van der Waals surface area contributed by atoms with E-state index in [9.17, 15) is 9.59 Å². The Kier molecular flexibility index (Phi) is 6.22. The molecule has 1 amide bonds. The molecule has 1 atom stereocenters.